The fraction of sp³-hybridized carbons (Fsp3) is 0.0526. The van der Waals surface area contributed by atoms with Crippen LogP contribution in [0.4, 0.5) is 0 Å². The van der Waals surface area contributed by atoms with Crippen LogP contribution in [0.1, 0.15) is 22.3 Å². The van der Waals surface area contributed by atoms with E-state index in [4.69, 9.17) is 17.7 Å². The maximum Gasteiger partial charge on any atom is 0.138 e. The van der Waals surface area contributed by atoms with Crippen LogP contribution in [0, 0.1) is 27.7 Å². The Bertz CT molecular complexity index is 4870. The van der Waals surface area contributed by atoms with Gasteiger partial charge in [-0.1, -0.05) is 236 Å². The van der Waals surface area contributed by atoms with Crippen LogP contribution >= 0.6 is 0 Å². The molecule has 0 atom stereocenters. The van der Waals surface area contributed by atoms with Gasteiger partial charge in [0.1, 0.15) is 44.7 Å². The lowest BCUT2D eigenvalue weighted by molar-refractivity contribution is 0.666. The Hall–Kier alpha value is -10.2. The molecule has 16 aromatic rings. The summed E-state index contributed by atoms with van der Waals surface area (Å²) in [4.78, 5) is 0. The molecule has 4 heteroatoms. The Morgan fingerprint density at radius 1 is 0.212 bits per heavy atom. The molecule has 12 aromatic carbocycles. The zero-order valence-electron chi connectivity index (χ0n) is 45.0. The van der Waals surface area contributed by atoms with Crippen molar-refractivity contribution in [1.82, 2.24) is 0 Å². The first-order valence-corrected chi connectivity index (χ1v) is 27.2. The predicted molar refractivity (Wildman–Crippen MR) is 336 cm³/mol. The topological polar surface area (TPSA) is 52.6 Å². The predicted octanol–water partition coefficient (Wildman–Crippen LogP) is 22.2. The van der Waals surface area contributed by atoms with E-state index in [0.717, 1.165) is 44.7 Å². The number of benzene rings is 12. The summed E-state index contributed by atoms with van der Waals surface area (Å²) < 4.78 is 23.9. The third-order valence-corrected chi connectivity index (χ3v) is 15.1. The fourth-order valence-corrected chi connectivity index (χ4v) is 11.3. The second-order valence-corrected chi connectivity index (χ2v) is 20.5. The van der Waals surface area contributed by atoms with Gasteiger partial charge in [-0.3, -0.25) is 0 Å². The van der Waals surface area contributed by atoms with Crippen LogP contribution in [-0.2, 0) is 0 Å². The van der Waals surface area contributed by atoms with Crippen LogP contribution in [0.15, 0.2) is 285 Å². The SMILES string of the molecule is Cc1ccc(-c2cccc3oc4ccccc4c23)cc1.Cc1ccc(-c2ccccc2)c2c1oc1ccccc12.Cc1cccc(-c2cccc3oc4ccccc4c23)c1.Cc1ccccc1-c1cccc2oc3ccccc3c12. The molecule has 4 nitrogen and oxygen atoms in total. The summed E-state index contributed by atoms with van der Waals surface area (Å²) in [7, 11) is 0. The van der Waals surface area contributed by atoms with Crippen LogP contribution < -0.4 is 0 Å². The van der Waals surface area contributed by atoms with Crippen molar-refractivity contribution < 1.29 is 17.7 Å². The van der Waals surface area contributed by atoms with E-state index in [0.29, 0.717) is 0 Å². The number of hydrogen-bond acceptors (Lipinski definition) is 4. The molecule has 0 radical (unpaired) electrons. The third-order valence-electron chi connectivity index (χ3n) is 15.1. The zero-order valence-corrected chi connectivity index (χ0v) is 45.0. The summed E-state index contributed by atoms with van der Waals surface area (Å²) in [5.41, 5.74) is 22.5. The minimum atomic E-state index is 0.946. The van der Waals surface area contributed by atoms with E-state index in [2.05, 4.69) is 222 Å². The first-order chi connectivity index (χ1) is 39.3. The smallest absolute Gasteiger partial charge is 0.138 e. The maximum absolute atomic E-state index is 6.05. The Kier molecular flexibility index (Phi) is 13.2. The summed E-state index contributed by atoms with van der Waals surface area (Å²) in [6.07, 6.45) is 0. The zero-order chi connectivity index (χ0) is 54.1. The van der Waals surface area contributed by atoms with E-state index in [-0.39, 0.29) is 0 Å². The van der Waals surface area contributed by atoms with Gasteiger partial charge in [0.05, 0.1) is 0 Å². The molecule has 0 aliphatic heterocycles. The van der Waals surface area contributed by atoms with Gasteiger partial charge < -0.3 is 17.7 Å². The summed E-state index contributed by atoms with van der Waals surface area (Å²) in [5, 5.41) is 9.55. The van der Waals surface area contributed by atoms with Gasteiger partial charge in [0.25, 0.3) is 0 Å². The minimum absolute atomic E-state index is 0.946. The second-order valence-electron chi connectivity index (χ2n) is 20.5. The first-order valence-electron chi connectivity index (χ1n) is 27.2. The molecule has 80 heavy (non-hydrogen) atoms. The van der Waals surface area contributed by atoms with E-state index in [1.54, 1.807) is 0 Å². The van der Waals surface area contributed by atoms with E-state index in [1.807, 2.05) is 72.8 Å². The molecule has 0 aliphatic rings. The van der Waals surface area contributed by atoms with Crippen molar-refractivity contribution >= 4 is 87.8 Å². The molecule has 16 rings (SSSR count). The summed E-state index contributed by atoms with van der Waals surface area (Å²) in [6.45, 7) is 8.48. The quantitative estimate of drug-likeness (QED) is 0.176. The highest BCUT2D eigenvalue weighted by Gasteiger charge is 2.17. The van der Waals surface area contributed by atoms with E-state index < -0.39 is 0 Å². The molecular formula is C76H56O4. The molecule has 0 bridgehead atoms. The van der Waals surface area contributed by atoms with Crippen LogP contribution in [0.25, 0.3) is 132 Å². The van der Waals surface area contributed by atoms with Crippen LogP contribution in [0.2, 0.25) is 0 Å². The van der Waals surface area contributed by atoms with Crippen molar-refractivity contribution in [3.63, 3.8) is 0 Å². The van der Waals surface area contributed by atoms with Gasteiger partial charge in [0, 0.05) is 43.1 Å². The van der Waals surface area contributed by atoms with Crippen molar-refractivity contribution in [3.8, 4) is 44.5 Å². The van der Waals surface area contributed by atoms with Gasteiger partial charge in [-0.25, -0.2) is 0 Å². The molecule has 0 saturated heterocycles. The Morgan fingerprint density at radius 3 is 1.15 bits per heavy atom. The molecule has 0 N–H and O–H groups in total. The molecular weight excluding hydrogens is 977 g/mol. The standard InChI is InChI=1S/4C19H14O/c1-13-6-4-7-14(12-13)15-9-5-11-18-19(15)16-8-2-3-10-17(16)20-18;1-13-7-2-3-8-14(13)15-10-6-12-18-19(15)16-9-4-5-11-17(16)20-18;1-13-9-11-14(12-10-13)15-6-4-8-18-19(15)16-5-2-3-7-17(16)20-18;1-13-11-12-15(14-7-3-2-4-8-14)18-16-9-5-6-10-17(16)20-19(13)18/h4*2-12H,1H3. The number of fused-ring (bicyclic) bond motifs is 12. The Morgan fingerprint density at radius 2 is 0.600 bits per heavy atom. The monoisotopic (exact) mass is 1030 g/mol. The van der Waals surface area contributed by atoms with Crippen molar-refractivity contribution in [1.29, 1.82) is 0 Å². The molecule has 4 aromatic heterocycles. The fourth-order valence-electron chi connectivity index (χ4n) is 11.3. The number of para-hydroxylation sites is 4. The molecule has 4 heterocycles. The van der Waals surface area contributed by atoms with Crippen molar-refractivity contribution in [2.45, 2.75) is 27.7 Å². The normalized spacial score (nSPS) is 11.2. The Labute approximate surface area is 464 Å². The third kappa shape index (κ3) is 9.37. The minimum Gasteiger partial charge on any atom is -0.456 e. The highest BCUT2D eigenvalue weighted by Crippen LogP contribution is 2.41. The lowest BCUT2D eigenvalue weighted by atomic mass is 9.96. The van der Waals surface area contributed by atoms with Gasteiger partial charge in [0.15, 0.2) is 0 Å². The average Bonchev–Trinajstić information content (AvgIpc) is 4.49. The largest absolute Gasteiger partial charge is 0.456 e. The average molecular weight is 1030 g/mol. The first kappa shape index (κ1) is 49.4. The lowest BCUT2D eigenvalue weighted by Gasteiger charge is -2.07. The maximum atomic E-state index is 6.05. The molecule has 0 aliphatic carbocycles. The summed E-state index contributed by atoms with van der Waals surface area (Å²) >= 11 is 0. The van der Waals surface area contributed by atoms with Gasteiger partial charge in [-0.15, -0.1) is 0 Å². The van der Waals surface area contributed by atoms with E-state index in [1.165, 1.54) is 110 Å². The number of rotatable bonds is 4. The van der Waals surface area contributed by atoms with Gasteiger partial charge >= 0.3 is 0 Å². The summed E-state index contributed by atoms with van der Waals surface area (Å²) in [5.74, 6) is 0. The van der Waals surface area contributed by atoms with Crippen molar-refractivity contribution in [2.24, 2.45) is 0 Å². The molecule has 0 saturated carbocycles. The highest BCUT2D eigenvalue weighted by molar-refractivity contribution is 6.15. The van der Waals surface area contributed by atoms with Crippen LogP contribution in [0.3, 0.4) is 0 Å². The van der Waals surface area contributed by atoms with Gasteiger partial charge in [0.2, 0.25) is 0 Å². The molecule has 0 unspecified atom stereocenters. The molecule has 0 amide bonds. The number of hydrogen-bond donors (Lipinski definition) is 0. The lowest BCUT2D eigenvalue weighted by Crippen LogP contribution is -1.83. The second kappa shape index (κ2) is 21.3. The van der Waals surface area contributed by atoms with E-state index >= 15 is 0 Å². The number of aryl methyl sites for hydroxylation is 4. The van der Waals surface area contributed by atoms with Gasteiger partial charge in [-0.2, -0.15) is 0 Å². The molecule has 0 fully saturated rings. The highest BCUT2D eigenvalue weighted by atomic mass is 16.3. The van der Waals surface area contributed by atoms with E-state index in [9.17, 15) is 0 Å². The van der Waals surface area contributed by atoms with Gasteiger partial charge in [-0.05, 0) is 126 Å². The molecule has 384 valence electrons. The van der Waals surface area contributed by atoms with Crippen molar-refractivity contribution in [3.05, 3.63) is 289 Å². The van der Waals surface area contributed by atoms with Crippen molar-refractivity contribution in [2.75, 3.05) is 0 Å². The molecule has 0 spiro atoms. The van der Waals surface area contributed by atoms with Crippen LogP contribution in [-0.4, -0.2) is 0 Å². The van der Waals surface area contributed by atoms with Crippen LogP contribution in [0.5, 0.6) is 0 Å². The number of furan rings is 4. The summed E-state index contributed by atoms with van der Waals surface area (Å²) in [6, 6.07) is 92.2. The Balaban J connectivity index is 0.000000101.